The van der Waals surface area contributed by atoms with Gasteiger partial charge in [-0.2, -0.15) is 0 Å². The third kappa shape index (κ3) is 2.76. The van der Waals surface area contributed by atoms with Crippen LogP contribution in [0.2, 0.25) is 0 Å². The molecule has 0 heterocycles. The molecule has 0 fully saturated rings. The summed E-state index contributed by atoms with van der Waals surface area (Å²) in [6.45, 7) is 1.09. The van der Waals surface area contributed by atoms with E-state index in [4.69, 9.17) is 10.8 Å². The van der Waals surface area contributed by atoms with Crippen LogP contribution in [0.15, 0.2) is 12.1 Å². The molecule has 6 heteroatoms. The van der Waals surface area contributed by atoms with Crippen molar-refractivity contribution in [1.82, 2.24) is 0 Å². The molecule has 1 atom stereocenters. The lowest BCUT2D eigenvalue weighted by atomic mass is 9.95. The second-order valence-electron chi connectivity index (χ2n) is 3.66. The molecule has 1 aromatic rings. The molecule has 0 aliphatic carbocycles. The molecule has 0 aliphatic rings. The first-order valence-electron chi connectivity index (χ1n) is 4.89. The van der Waals surface area contributed by atoms with Gasteiger partial charge in [0.1, 0.15) is 5.82 Å². The number of carbonyl (C=O) groups is 1. The highest BCUT2D eigenvalue weighted by Gasteiger charge is 2.23. The average molecular weight is 247 g/mol. The van der Waals surface area contributed by atoms with Gasteiger partial charge in [0, 0.05) is 6.54 Å². The van der Waals surface area contributed by atoms with Gasteiger partial charge in [-0.15, -0.1) is 0 Å². The van der Waals surface area contributed by atoms with Gasteiger partial charge in [0.05, 0.1) is 11.5 Å². The van der Waals surface area contributed by atoms with Crippen molar-refractivity contribution in [2.24, 2.45) is 5.73 Å². The van der Waals surface area contributed by atoms with Crippen LogP contribution in [0.1, 0.15) is 29.0 Å². The summed E-state index contributed by atoms with van der Waals surface area (Å²) in [5.74, 6) is -3.40. The molecule has 0 bridgehead atoms. The van der Waals surface area contributed by atoms with Crippen molar-refractivity contribution in [3.05, 3.63) is 34.6 Å². The van der Waals surface area contributed by atoms with E-state index in [1.54, 1.807) is 0 Å². The van der Waals surface area contributed by atoms with Gasteiger partial charge in [0.25, 0.3) is 6.43 Å². The quantitative estimate of drug-likeness (QED) is 0.857. The lowest BCUT2D eigenvalue weighted by Crippen LogP contribution is -2.21. The first kappa shape index (κ1) is 13.5. The van der Waals surface area contributed by atoms with Crippen molar-refractivity contribution >= 4 is 5.97 Å². The Morgan fingerprint density at radius 2 is 2.06 bits per heavy atom. The summed E-state index contributed by atoms with van der Waals surface area (Å²) in [4.78, 5) is 10.8. The van der Waals surface area contributed by atoms with Gasteiger partial charge in [-0.05, 0) is 24.1 Å². The topological polar surface area (TPSA) is 63.3 Å². The Bertz CT molecular complexity index is 412. The van der Waals surface area contributed by atoms with Gasteiger partial charge in [-0.1, -0.05) is 6.07 Å². The van der Waals surface area contributed by atoms with Crippen molar-refractivity contribution in [3.63, 3.8) is 0 Å². The van der Waals surface area contributed by atoms with Crippen LogP contribution in [0.25, 0.3) is 0 Å². The molecule has 0 aromatic heterocycles. The molecule has 0 spiro atoms. The molecular formula is C11H12F3NO2. The number of alkyl halides is 2. The normalized spacial score (nSPS) is 12.8. The van der Waals surface area contributed by atoms with E-state index in [2.05, 4.69) is 0 Å². The standard InChI is InChI=1S/C11H12F3NO2/c1-5-2-6(7(4-15)11(16)17)3-8(12)9(5)10(13)14/h2-3,7,10H,4,15H2,1H3,(H,16,17). The Hall–Kier alpha value is -1.56. The van der Waals surface area contributed by atoms with Crippen molar-refractivity contribution in [2.45, 2.75) is 19.3 Å². The molecule has 3 N–H and O–H groups in total. The zero-order valence-corrected chi connectivity index (χ0v) is 9.08. The second kappa shape index (κ2) is 5.18. The van der Waals surface area contributed by atoms with Gasteiger partial charge in [0.15, 0.2) is 0 Å². The Kier molecular flexibility index (Phi) is 4.11. The first-order valence-corrected chi connectivity index (χ1v) is 4.89. The molecule has 3 nitrogen and oxygen atoms in total. The number of halogens is 3. The Balaban J connectivity index is 3.26. The number of aryl methyl sites for hydroxylation is 1. The summed E-state index contributed by atoms with van der Waals surface area (Å²) < 4.78 is 38.4. The summed E-state index contributed by atoms with van der Waals surface area (Å²) >= 11 is 0. The predicted octanol–water partition coefficient (Wildman–Crippen LogP) is 2.20. The van der Waals surface area contributed by atoms with Gasteiger partial charge in [-0.25, -0.2) is 13.2 Å². The number of hydrogen-bond acceptors (Lipinski definition) is 2. The highest BCUT2D eigenvalue weighted by atomic mass is 19.3. The number of benzene rings is 1. The molecule has 0 saturated heterocycles. The highest BCUT2D eigenvalue weighted by molar-refractivity contribution is 5.76. The van der Waals surface area contributed by atoms with E-state index in [9.17, 15) is 18.0 Å². The van der Waals surface area contributed by atoms with Gasteiger partial charge >= 0.3 is 5.97 Å². The Morgan fingerprint density at radius 1 is 1.47 bits per heavy atom. The molecule has 1 rings (SSSR count). The maximum Gasteiger partial charge on any atom is 0.312 e. The van der Waals surface area contributed by atoms with E-state index in [-0.39, 0.29) is 17.7 Å². The number of carboxylic acids is 1. The fraction of sp³-hybridized carbons (Fsp3) is 0.364. The molecule has 94 valence electrons. The summed E-state index contributed by atoms with van der Waals surface area (Å²) in [7, 11) is 0. The zero-order valence-electron chi connectivity index (χ0n) is 9.08. The van der Waals surface area contributed by atoms with Crippen LogP contribution in [0, 0.1) is 12.7 Å². The first-order chi connectivity index (χ1) is 7.88. The predicted molar refractivity (Wildman–Crippen MR) is 55.5 cm³/mol. The lowest BCUT2D eigenvalue weighted by Gasteiger charge is -2.14. The van der Waals surface area contributed by atoms with Crippen molar-refractivity contribution in [1.29, 1.82) is 0 Å². The fourth-order valence-corrected chi connectivity index (χ4v) is 1.64. The van der Waals surface area contributed by atoms with Crippen LogP contribution in [-0.2, 0) is 4.79 Å². The van der Waals surface area contributed by atoms with Crippen molar-refractivity contribution in [2.75, 3.05) is 6.54 Å². The van der Waals surface area contributed by atoms with E-state index in [0.29, 0.717) is 0 Å². The molecule has 0 amide bonds. The van der Waals surface area contributed by atoms with Gasteiger partial charge in [-0.3, -0.25) is 4.79 Å². The summed E-state index contributed by atoms with van der Waals surface area (Å²) in [5, 5.41) is 8.84. The van der Waals surface area contributed by atoms with Crippen LogP contribution in [0.3, 0.4) is 0 Å². The van der Waals surface area contributed by atoms with E-state index >= 15 is 0 Å². The van der Waals surface area contributed by atoms with E-state index in [1.807, 2.05) is 0 Å². The average Bonchev–Trinajstić information content (AvgIpc) is 2.15. The van der Waals surface area contributed by atoms with Crippen LogP contribution >= 0.6 is 0 Å². The maximum absolute atomic E-state index is 13.4. The third-order valence-electron chi connectivity index (χ3n) is 2.51. The largest absolute Gasteiger partial charge is 0.481 e. The number of nitrogens with two attached hydrogens (primary N) is 1. The number of carboxylic acid groups (broad SMARTS) is 1. The second-order valence-corrected chi connectivity index (χ2v) is 3.66. The van der Waals surface area contributed by atoms with E-state index in [0.717, 1.165) is 6.07 Å². The Morgan fingerprint density at radius 3 is 2.41 bits per heavy atom. The molecular weight excluding hydrogens is 235 g/mol. The minimum Gasteiger partial charge on any atom is -0.481 e. The summed E-state index contributed by atoms with van der Waals surface area (Å²) in [6, 6.07) is 2.04. The number of hydrogen-bond donors (Lipinski definition) is 2. The number of aliphatic carboxylic acids is 1. The maximum atomic E-state index is 13.4. The molecule has 0 radical (unpaired) electrons. The third-order valence-corrected chi connectivity index (χ3v) is 2.51. The van der Waals surface area contributed by atoms with Crippen LogP contribution in [0.4, 0.5) is 13.2 Å². The monoisotopic (exact) mass is 247 g/mol. The van der Waals surface area contributed by atoms with Gasteiger partial charge in [0.2, 0.25) is 0 Å². The smallest absolute Gasteiger partial charge is 0.312 e. The Labute approximate surface area is 96.0 Å². The molecule has 1 unspecified atom stereocenters. The number of rotatable bonds is 4. The molecule has 17 heavy (non-hydrogen) atoms. The molecule has 1 aromatic carbocycles. The zero-order chi connectivity index (χ0) is 13.2. The van der Waals surface area contributed by atoms with E-state index in [1.165, 1.54) is 13.0 Å². The lowest BCUT2D eigenvalue weighted by molar-refractivity contribution is -0.138. The van der Waals surface area contributed by atoms with E-state index < -0.39 is 29.7 Å². The van der Waals surface area contributed by atoms with Crippen LogP contribution in [-0.4, -0.2) is 17.6 Å². The van der Waals surface area contributed by atoms with Crippen molar-refractivity contribution < 1.29 is 23.1 Å². The minimum atomic E-state index is -2.93. The van der Waals surface area contributed by atoms with Crippen LogP contribution < -0.4 is 5.73 Å². The van der Waals surface area contributed by atoms with Gasteiger partial charge < -0.3 is 10.8 Å². The fourth-order valence-electron chi connectivity index (χ4n) is 1.64. The highest BCUT2D eigenvalue weighted by Crippen LogP contribution is 2.29. The molecule has 0 saturated carbocycles. The SMILES string of the molecule is Cc1cc(C(CN)C(=O)O)cc(F)c1C(F)F. The summed E-state index contributed by atoms with van der Waals surface area (Å²) in [6.07, 6.45) is -2.93. The van der Waals surface area contributed by atoms with Crippen LogP contribution in [0.5, 0.6) is 0 Å². The van der Waals surface area contributed by atoms with Crippen molar-refractivity contribution in [3.8, 4) is 0 Å². The minimum absolute atomic E-state index is 0.0229. The molecule has 0 aliphatic heterocycles. The summed E-state index contributed by atoms with van der Waals surface area (Å²) in [5.41, 5.74) is 4.67.